The summed E-state index contributed by atoms with van der Waals surface area (Å²) in [5.74, 6) is -2.73. The second-order valence-electron chi connectivity index (χ2n) is 4.70. The highest BCUT2D eigenvalue weighted by molar-refractivity contribution is 7.75. The van der Waals surface area contributed by atoms with E-state index in [1.54, 1.807) is 18.2 Å². The molecule has 0 spiro atoms. The molecule has 0 saturated heterocycles. The van der Waals surface area contributed by atoms with Gasteiger partial charge in [0.1, 0.15) is 0 Å². The van der Waals surface area contributed by atoms with Crippen LogP contribution in [-0.4, -0.2) is 26.1 Å². The van der Waals surface area contributed by atoms with Gasteiger partial charge in [-0.15, -0.1) is 0 Å². The van der Waals surface area contributed by atoms with Crippen LogP contribution in [0.1, 0.15) is 25.7 Å². The third-order valence-electron chi connectivity index (χ3n) is 3.16. The van der Waals surface area contributed by atoms with Gasteiger partial charge >= 0.3 is 6.03 Å². The molecule has 2 rings (SSSR count). The number of amides is 2. The number of carbonyl (C=O) groups is 1. The smallest absolute Gasteiger partial charge is 0.245 e. The Labute approximate surface area is 122 Å². The molecule has 21 heavy (non-hydrogen) atoms. The van der Waals surface area contributed by atoms with Crippen LogP contribution in [0.4, 0.5) is 19.3 Å². The van der Waals surface area contributed by atoms with Crippen LogP contribution in [-0.2, 0) is 10.9 Å². The van der Waals surface area contributed by atoms with E-state index in [1.165, 1.54) is 12.1 Å². The summed E-state index contributed by atoms with van der Waals surface area (Å²) < 4.78 is 49.1. The predicted molar refractivity (Wildman–Crippen MR) is 75.5 cm³/mol. The number of thiol groups is 1. The fourth-order valence-electron chi connectivity index (χ4n) is 2.04. The van der Waals surface area contributed by atoms with Crippen molar-refractivity contribution in [1.29, 1.82) is 0 Å². The van der Waals surface area contributed by atoms with E-state index in [0.29, 0.717) is 10.0 Å². The van der Waals surface area contributed by atoms with Crippen LogP contribution in [0.3, 0.4) is 0 Å². The summed E-state index contributed by atoms with van der Waals surface area (Å²) in [6, 6.07) is 6.79. The molecule has 0 unspecified atom stereocenters. The van der Waals surface area contributed by atoms with Crippen LogP contribution in [0.15, 0.2) is 35.3 Å². The van der Waals surface area contributed by atoms with Crippen LogP contribution in [0.5, 0.6) is 0 Å². The van der Waals surface area contributed by atoms with Crippen LogP contribution < -0.4 is 4.31 Å². The number of alkyl halides is 2. The zero-order chi connectivity index (χ0) is 15.5. The molecule has 5 nitrogen and oxygen atoms in total. The molecule has 0 atom stereocenters. The predicted octanol–water partition coefficient (Wildman–Crippen LogP) is 2.79. The van der Waals surface area contributed by atoms with E-state index in [4.69, 9.17) is 0 Å². The van der Waals surface area contributed by atoms with Gasteiger partial charge in [-0.3, -0.25) is 0 Å². The maximum Gasteiger partial charge on any atom is 0.361 e. The molecule has 114 valence electrons. The van der Waals surface area contributed by atoms with Crippen molar-refractivity contribution in [3.05, 3.63) is 30.3 Å². The van der Waals surface area contributed by atoms with Crippen molar-refractivity contribution in [2.24, 2.45) is 4.99 Å². The summed E-state index contributed by atoms with van der Waals surface area (Å²) in [6.07, 6.45) is -0.740. The van der Waals surface area contributed by atoms with Crippen LogP contribution in [0.2, 0.25) is 0 Å². The van der Waals surface area contributed by atoms with Crippen LogP contribution in [0.25, 0.3) is 0 Å². The lowest BCUT2D eigenvalue weighted by Gasteiger charge is -2.22. The fourth-order valence-corrected chi connectivity index (χ4v) is 2.55. The quantitative estimate of drug-likeness (QED) is 0.853. The molecule has 0 heterocycles. The Morgan fingerprint density at radius 2 is 1.71 bits per heavy atom. The summed E-state index contributed by atoms with van der Waals surface area (Å²) in [6.45, 7) is 0. The lowest BCUT2D eigenvalue weighted by Crippen LogP contribution is -2.29. The van der Waals surface area contributed by atoms with Crippen molar-refractivity contribution < 1.29 is 22.0 Å². The first kappa shape index (κ1) is 15.6. The second kappa shape index (κ2) is 6.30. The zero-order valence-corrected chi connectivity index (χ0v) is 11.9. The summed E-state index contributed by atoms with van der Waals surface area (Å²) in [4.78, 5) is 15.7. The highest BCUT2D eigenvalue weighted by Crippen LogP contribution is 2.31. The van der Waals surface area contributed by atoms with E-state index in [-0.39, 0.29) is 31.4 Å². The van der Waals surface area contributed by atoms with E-state index >= 15 is 0 Å². The number of hydrogen-bond acceptors (Lipinski definition) is 3. The number of aliphatic imine (C=N–C) groups is 1. The fraction of sp³-hybridized carbons (Fsp3) is 0.385. The number of carbonyl (C=O) groups excluding carboxylic acids is 1. The van der Waals surface area contributed by atoms with E-state index in [1.807, 2.05) is 0 Å². The van der Waals surface area contributed by atoms with Crippen LogP contribution >= 0.6 is 0 Å². The molecule has 1 aliphatic carbocycles. The van der Waals surface area contributed by atoms with Crippen LogP contribution in [0, 0.1) is 0 Å². The number of benzene rings is 1. The largest absolute Gasteiger partial charge is 0.361 e. The SMILES string of the molecule is O=C(N=C1CCC(F)(F)CC1)N(c1ccccc1)[SH](=O)=O. The van der Waals surface area contributed by atoms with Crippen molar-refractivity contribution in [3.8, 4) is 0 Å². The van der Waals surface area contributed by atoms with Crippen molar-refractivity contribution in [2.75, 3.05) is 4.31 Å². The molecule has 1 aliphatic rings. The summed E-state index contributed by atoms with van der Waals surface area (Å²) in [7, 11) is -3.20. The Morgan fingerprint density at radius 3 is 2.24 bits per heavy atom. The molecule has 1 aromatic rings. The molecule has 0 aromatic heterocycles. The van der Waals surface area contributed by atoms with Gasteiger partial charge in [-0.05, 0) is 25.0 Å². The van der Waals surface area contributed by atoms with Gasteiger partial charge in [0.2, 0.25) is 16.8 Å². The Morgan fingerprint density at radius 1 is 1.14 bits per heavy atom. The van der Waals surface area contributed by atoms with Crippen molar-refractivity contribution in [2.45, 2.75) is 31.6 Å². The molecule has 0 aliphatic heterocycles. The van der Waals surface area contributed by atoms with Gasteiger partial charge in [-0.2, -0.15) is 4.31 Å². The van der Waals surface area contributed by atoms with Crippen molar-refractivity contribution in [3.63, 3.8) is 0 Å². The summed E-state index contributed by atoms with van der Waals surface area (Å²) >= 11 is 0. The van der Waals surface area contributed by atoms with Gasteiger partial charge in [0, 0.05) is 18.6 Å². The Balaban J connectivity index is 2.18. The third kappa shape index (κ3) is 4.07. The van der Waals surface area contributed by atoms with E-state index in [9.17, 15) is 22.0 Å². The molecule has 0 radical (unpaired) electrons. The monoisotopic (exact) mass is 316 g/mol. The first-order valence-corrected chi connectivity index (χ1v) is 7.50. The van der Waals surface area contributed by atoms with Gasteiger partial charge in [0.05, 0.1) is 5.69 Å². The average molecular weight is 316 g/mol. The number of halogens is 2. The molecule has 2 amide bonds. The minimum absolute atomic E-state index is 0.00297. The maximum atomic E-state index is 13.0. The number of nitrogens with zero attached hydrogens (tertiary/aromatic N) is 2. The molecular weight excluding hydrogens is 302 g/mol. The Kier molecular flexibility index (Phi) is 4.66. The van der Waals surface area contributed by atoms with Gasteiger partial charge in [0.25, 0.3) is 0 Å². The van der Waals surface area contributed by atoms with E-state index in [0.717, 1.165) is 0 Å². The van der Waals surface area contributed by atoms with Gasteiger partial charge < -0.3 is 0 Å². The topological polar surface area (TPSA) is 66.8 Å². The van der Waals surface area contributed by atoms with Crippen molar-refractivity contribution >= 4 is 28.3 Å². The molecular formula is C13H14F2N2O3S. The molecule has 1 fully saturated rings. The molecule has 0 bridgehead atoms. The minimum atomic E-state index is -3.20. The highest BCUT2D eigenvalue weighted by atomic mass is 32.2. The minimum Gasteiger partial charge on any atom is -0.245 e. The summed E-state index contributed by atoms with van der Waals surface area (Å²) in [5.41, 5.74) is 0.479. The lowest BCUT2D eigenvalue weighted by molar-refractivity contribution is -0.0181. The van der Waals surface area contributed by atoms with Crippen molar-refractivity contribution in [1.82, 2.24) is 0 Å². The number of urea groups is 1. The number of anilines is 1. The van der Waals surface area contributed by atoms with Gasteiger partial charge in [-0.25, -0.2) is 27.0 Å². The number of para-hydroxylation sites is 1. The highest BCUT2D eigenvalue weighted by Gasteiger charge is 2.33. The second-order valence-corrected chi connectivity index (χ2v) is 5.58. The lowest BCUT2D eigenvalue weighted by atomic mass is 9.95. The molecule has 8 heteroatoms. The first-order valence-electron chi connectivity index (χ1n) is 6.37. The van der Waals surface area contributed by atoms with E-state index in [2.05, 4.69) is 4.99 Å². The first-order chi connectivity index (χ1) is 9.89. The van der Waals surface area contributed by atoms with E-state index < -0.39 is 22.8 Å². The number of hydrogen-bond donors (Lipinski definition) is 1. The maximum absolute atomic E-state index is 13.0. The van der Waals surface area contributed by atoms with Gasteiger partial charge in [-0.1, -0.05) is 18.2 Å². The molecule has 1 aromatic carbocycles. The Bertz CT molecular complexity index is 610. The Hall–Kier alpha value is -1.83. The standard InChI is InChI=1S/C13H14F2N2O3S/c14-13(15)8-6-10(7-9-13)16-12(18)17(21(19)20)11-4-2-1-3-5-11/h1-5,21H,6-9H2. The number of rotatable bonds is 2. The normalized spacial score (nSPS) is 17.6. The summed E-state index contributed by atoms with van der Waals surface area (Å²) in [5, 5.41) is 0. The molecule has 1 saturated carbocycles. The van der Waals surface area contributed by atoms with Gasteiger partial charge in [0.15, 0.2) is 0 Å². The average Bonchev–Trinajstić information content (AvgIpc) is 2.42. The third-order valence-corrected chi connectivity index (χ3v) is 3.89. The zero-order valence-electron chi connectivity index (χ0n) is 11.0. The molecule has 0 N–H and O–H groups in total.